The number of piperidine rings is 1. The van der Waals surface area contributed by atoms with Crippen LogP contribution >= 0.6 is 0 Å². The van der Waals surface area contributed by atoms with Crippen molar-refractivity contribution in [3.63, 3.8) is 0 Å². The fourth-order valence-corrected chi connectivity index (χ4v) is 2.31. The van der Waals surface area contributed by atoms with Gasteiger partial charge in [-0.15, -0.1) is 0 Å². The van der Waals surface area contributed by atoms with Gasteiger partial charge in [0.1, 0.15) is 5.67 Å². The predicted octanol–water partition coefficient (Wildman–Crippen LogP) is 3.34. The Morgan fingerprint density at radius 3 is 2.67 bits per heavy atom. The van der Waals surface area contributed by atoms with E-state index < -0.39 is 17.4 Å². The molecule has 1 saturated heterocycles. The summed E-state index contributed by atoms with van der Waals surface area (Å²) in [5, 5.41) is 2.94. The van der Waals surface area contributed by atoms with Crippen molar-refractivity contribution >= 4 is 0 Å². The number of alkyl halides is 4. The molecule has 1 N–H and O–H groups in total. The van der Waals surface area contributed by atoms with Crippen LogP contribution < -0.4 is 5.32 Å². The van der Waals surface area contributed by atoms with Gasteiger partial charge in [-0.25, -0.2) is 4.39 Å². The van der Waals surface area contributed by atoms with E-state index in [-0.39, 0.29) is 13.0 Å². The highest BCUT2D eigenvalue weighted by Crippen LogP contribution is 2.31. The Morgan fingerprint density at radius 1 is 1.28 bits per heavy atom. The second-order valence-electron chi connectivity index (χ2n) is 4.81. The zero-order valence-electron chi connectivity index (χ0n) is 9.86. The molecule has 0 aliphatic carbocycles. The minimum absolute atomic E-state index is 0.0317. The average molecular weight is 261 g/mol. The summed E-state index contributed by atoms with van der Waals surface area (Å²) in [5.41, 5.74) is -1.74. The molecule has 1 aliphatic rings. The molecule has 1 fully saturated rings. The molecule has 0 aromatic heterocycles. The third kappa shape index (κ3) is 3.22. The first-order valence-corrected chi connectivity index (χ1v) is 5.95. The van der Waals surface area contributed by atoms with Crippen molar-refractivity contribution in [3.8, 4) is 0 Å². The van der Waals surface area contributed by atoms with E-state index >= 15 is 0 Å². The Labute approximate surface area is 103 Å². The molecule has 18 heavy (non-hydrogen) atoms. The molecule has 1 aliphatic heterocycles. The van der Waals surface area contributed by atoms with E-state index in [1.165, 1.54) is 6.07 Å². The minimum Gasteiger partial charge on any atom is -0.314 e. The molecular weight excluding hydrogens is 246 g/mol. The van der Waals surface area contributed by atoms with E-state index in [1.54, 1.807) is 6.07 Å². The topological polar surface area (TPSA) is 12.0 Å². The summed E-state index contributed by atoms with van der Waals surface area (Å²) >= 11 is 0. The van der Waals surface area contributed by atoms with Crippen LogP contribution in [0.5, 0.6) is 0 Å². The van der Waals surface area contributed by atoms with Crippen molar-refractivity contribution in [2.24, 2.45) is 0 Å². The molecular formula is C13H15F4N. The molecule has 0 bridgehead atoms. The van der Waals surface area contributed by atoms with Crippen molar-refractivity contribution in [2.75, 3.05) is 13.1 Å². The number of benzene rings is 1. The van der Waals surface area contributed by atoms with E-state index in [4.69, 9.17) is 0 Å². The van der Waals surface area contributed by atoms with Crippen LogP contribution in [0.25, 0.3) is 0 Å². The second-order valence-corrected chi connectivity index (χ2v) is 4.81. The molecule has 0 amide bonds. The maximum atomic E-state index is 14.3. The lowest BCUT2D eigenvalue weighted by atomic mass is 9.89. The molecule has 0 spiro atoms. The average Bonchev–Trinajstić information content (AvgIpc) is 2.28. The summed E-state index contributed by atoms with van der Waals surface area (Å²) in [4.78, 5) is 0. The highest BCUT2D eigenvalue weighted by Gasteiger charge is 2.34. The van der Waals surface area contributed by atoms with E-state index in [2.05, 4.69) is 5.32 Å². The fourth-order valence-electron chi connectivity index (χ4n) is 2.31. The molecule has 0 saturated carbocycles. The van der Waals surface area contributed by atoms with Gasteiger partial charge in [-0.3, -0.25) is 0 Å². The summed E-state index contributed by atoms with van der Waals surface area (Å²) in [6.45, 7) is 0.984. The zero-order chi connectivity index (χ0) is 13.2. The lowest BCUT2D eigenvalue weighted by Crippen LogP contribution is -2.43. The van der Waals surface area contributed by atoms with Crippen LogP contribution in [0.15, 0.2) is 24.3 Å². The van der Waals surface area contributed by atoms with Crippen molar-refractivity contribution in [2.45, 2.75) is 31.1 Å². The quantitative estimate of drug-likeness (QED) is 0.805. The third-order valence-electron chi connectivity index (χ3n) is 3.20. The standard InChI is InChI=1S/C13H15F4N/c14-12(5-2-6-18-9-12)8-10-3-1-4-11(7-10)13(15,16)17/h1,3-4,7,18H,2,5-6,8-9H2. The molecule has 5 heteroatoms. The SMILES string of the molecule is FC1(Cc2cccc(C(F)(F)F)c2)CCCNC1. The number of rotatable bonds is 2. The molecule has 1 nitrogen and oxygen atoms in total. The normalized spacial score (nSPS) is 25.1. The van der Waals surface area contributed by atoms with Gasteiger partial charge in [0, 0.05) is 13.0 Å². The smallest absolute Gasteiger partial charge is 0.314 e. The Kier molecular flexibility index (Phi) is 3.61. The lowest BCUT2D eigenvalue weighted by Gasteiger charge is -2.30. The zero-order valence-corrected chi connectivity index (χ0v) is 9.86. The summed E-state index contributed by atoms with van der Waals surface area (Å²) in [6.07, 6.45) is -3.22. The molecule has 1 aromatic rings. The minimum atomic E-state index is -4.37. The van der Waals surface area contributed by atoms with Gasteiger partial charge in [0.25, 0.3) is 0 Å². The molecule has 1 unspecified atom stereocenters. The van der Waals surface area contributed by atoms with Crippen LogP contribution in [-0.2, 0) is 12.6 Å². The number of halogens is 4. The monoisotopic (exact) mass is 261 g/mol. The third-order valence-corrected chi connectivity index (χ3v) is 3.20. The van der Waals surface area contributed by atoms with Gasteiger partial charge in [-0.2, -0.15) is 13.2 Å². The molecule has 2 rings (SSSR count). The highest BCUT2D eigenvalue weighted by molar-refractivity contribution is 5.27. The van der Waals surface area contributed by atoms with Crippen molar-refractivity contribution < 1.29 is 17.6 Å². The molecule has 100 valence electrons. The van der Waals surface area contributed by atoms with Crippen LogP contribution in [0.4, 0.5) is 17.6 Å². The van der Waals surface area contributed by atoms with Gasteiger partial charge in [0.15, 0.2) is 0 Å². The molecule has 1 heterocycles. The van der Waals surface area contributed by atoms with Crippen LogP contribution in [0.2, 0.25) is 0 Å². The molecule has 1 aromatic carbocycles. The predicted molar refractivity (Wildman–Crippen MR) is 61.1 cm³/mol. The largest absolute Gasteiger partial charge is 0.416 e. The van der Waals surface area contributed by atoms with E-state index in [0.29, 0.717) is 12.0 Å². The number of hydrogen-bond acceptors (Lipinski definition) is 1. The van der Waals surface area contributed by atoms with Crippen LogP contribution in [0, 0.1) is 0 Å². The molecule has 1 atom stereocenters. The van der Waals surface area contributed by atoms with Crippen LogP contribution in [-0.4, -0.2) is 18.8 Å². The van der Waals surface area contributed by atoms with Gasteiger partial charge in [-0.05, 0) is 31.0 Å². The van der Waals surface area contributed by atoms with Gasteiger partial charge < -0.3 is 5.32 Å². The Bertz CT molecular complexity index is 408. The Hall–Kier alpha value is -1.10. The van der Waals surface area contributed by atoms with E-state index in [9.17, 15) is 17.6 Å². The maximum Gasteiger partial charge on any atom is 0.416 e. The van der Waals surface area contributed by atoms with Crippen LogP contribution in [0.1, 0.15) is 24.0 Å². The second kappa shape index (κ2) is 4.88. The number of hydrogen-bond donors (Lipinski definition) is 1. The van der Waals surface area contributed by atoms with E-state index in [1.807, 2.05) is 0 Å². The van der Waals surface area contributed by atoms with Gasteiger partial charge >= 0.3 is 6.18 Å². The highest BCUT2D eigenvalue weighted by atomic mass is 19.4. The summed E-state index contributed by atoms with van der Waals surface area (Å²) in [6, 6.07) is 4.92. The van der Waals surface area contributed by atoms with Crippen molar-refractivity contribution in [3.05, 3.63) is 35.4 Å². The first-order valence-electron chi connectivity index (χ1n) is 5.95. The summed E-state index contributed by atoms with van der Waals surface area (Å²) < 4.78 is 52.0. The first kappa shape index (κ1) is 13.3. The Morgan fingerprint density at radius 2 is 2.06 bits per heavy atom. The van der Waals surface area contributed by atoms with Crippen molar-refractivity contribution in [1.29, 1.82) is 0 Å². The van der Waals surface area contributed by atoms with E-state index in [0.717, 1.165) is 25.1 Å². The van der Waals surface area contributed by atoms with Crippen molar-refractivity contribution in [1.82, 2.24) is 5.32 Å². The van der Waals surface area contributed by atoms with Gasteiger partial charge in [0.2, 0.25) is 0 Å². The van der Waals surface area contributed by atoms with Gasteiger partial charge in [0.05, 0.1) is 5.56 Å². The number of nitrogens with one attached hydrogen (secondary N) is 1. The molecule has 0 radical (unpaired) electrons. The lowest BCUT2D eigenvalue weighted by molar-refractivity contribution is -0.137. The summed E-state index contributed by atoms with van der Waals surface area (Å²) in [5.74, 6) is 0. The maximum absolute atomic E-state index is 14.3. The van der Waals surface area contributed by atoms with Crippen LogP contribution in [0.3, 0.4) is 0 Å². The Balaban J connectivity index is 2.14. The first-order chi connectivity index (χ1) is 8.39. The summed E-state index contributed by atoms with van der Waals surface area (Å²) in [7, 11) is 0. The van der Waals surface area contributed by atoms with Gasteiger partial charge in [-0.1, -0.05) is 18.2 Å². The fraction of sp³-hybridized carbons (Fsp3) is 0.538.